The van der Waals surface area contributed by atoms with E-state index in [0.717, 1.165) is 5.56 Å². The van der Waals surface area contributed by atoms with Crippen molar-refractivity contribution in [3.05, 3.63) is 59.0 Å². The second-order valence-corrected chi connectivity index (χ2v) is 4.34. The van der Waals surface area contributed by atoms with E-state index in [1.807, 2.05) is 31.2 Å². The fourth-order valence-electron chi connectivity index (χ4n) is 1.55. The summed E-state index contributed by atoms with van der Waals surface area (Å²) in [6, 6.07) is 11.3. The summed E-state index contributed by atoms with van der Waals surface area (Å²) in [5, 5.41) is 2.80. The van der Waals surface area contributed by atoms with Gasteiger partial charge in [0.2, 0.25) is 0 Å². The molecule has 0 radical (unpaired) electrons. The van der Waals surface area contributed by atoms with Crippen molar-refractivity contribution in [2.75, 3.05) is 0 Å². The first-order valence-corrected chi connectivity index (χ1v) is 6.21. The van der Waals surface area contributed by atoms with Crippen molar-refractivity contribution in [1.29, 1.82) is 0 Å². The molecule has 0 fully saturated rings. The Kier molecular flexibility index (Phi) is 4.05. The van der Waals surface area contributed by atoms with Gasteiger partial charge in [-0.05, 0) is 24.6 Å². The standard InChI is InChI=1S/C14H14ClNO2/c1-10-2-4-11(5-3-10)9-16-14(17)13-7-6-12(8-15)18-13/h2-7H,8-9H2,1H3,(H,16,17). The Balaban J connectivity index is 1.93. The molecule has 0 unspecified atom stereocenters. The van der Waals surface area contributed by atoms with E-state index in [4.69, 9.17) is 16.0 Å². The van der Waals surface area contributed by atoms with Gasteiger partial charge in [-0.15, -0.1) is 11.6 Å². The minimum Gasteiger partial charge on any atom is -0.455 e. The highest BCUT2D eigenvalue weighted by atomic mass is 35.5. The minimum atomic E-state index is -0.230. The van der Waals surface area contributed by atoms with Gasteiger partial charge >= 0.3 is 0 Å². The quantitative estimate of drug-likeness (QED) is 0.861. The fourth-order valence-corrected chi connectivity index (χ4v) is 1.69. The molecule has 4 heteroatoms. The lowest BCUT2D eigenvalue weighted by Gasteiger charge is -2.03. The maximum Gasteiger partial charge on any atom is 0.287 e. The number of rotatable bonds is 4. The van der Waals surface area contributed by atoms with Gasteiger partial charge in [0, 0.05) is 6.54 Å². The van der Waals surface area contributed by atoms with Gasteiger partial charge in [-0.3, -0.25) is 4.79 Å². The number of aryl methyl sites for hydroxylation is 1. The van der Waals surface area contributed by atoms with Crippen LogP contribution in [0.2, 0.25) is 0 Å². The molecule has 94 valence electrons. The first kappa shape index (κ1) is 12.7. The van der Waals surface area contributed by atoms with E-state index in [9.17, 15) is 4.79 Å². The van der Waals surface area contributed by atoms with Crippen LogP contribution in [0.3, 0.4) is 0 Å². The fraction of sp³-hybridized carbons (Fsp3) is 0.214. The first-order valence-electron chi connectivity index (χ1n) is 5.67. The van der Waals surface area contributed by atoms with Crippen molar-refractivity contribution in [2.24, 2.45) is 0 Å². The third kappa shape index (κ3) is 3.14. The SMILES string of the molecule is Cc1ccc(CNC(=O)c2ccc(CCl)o2)cc1. The largest absolute Gasteiger partial charge is 0.455 e. The molecule has 1 N–H and O–H groups in total. The van der Waals surface area contributed by atoms with Crippen molar-refractivity contribution >= 4 is 17.5 Å². The van der Waals surface area contributed by atoms with Gasteiger partial charge in [-0.2, -0.15) is 0 Å². The van der Waals surface area contributed by atoms with Crippen LogP contribution in [0.4, 0.5) is 0 Å². The van der Waals surface area contributed by atoms with E-state index in [-0.39, 0.29) is 17.5 Å². The van der Waals surface area contributed by atoms with E-state index in [2.05, 4.69) is 5.32 Å². The second kappa shape index (κ2) is 5.74. The number of benzene rings is 1. The van der Waals surface area contributed by atoms with Crippen LogP contribution in [0.1, 0.15) is 27.4 Å². The predicted molar refractivity (Wildman–Crippen MR) is 70.6 cm³/mol. The number of halogens is 1. The normalized spacial score (nSPS) is 10.3. The Morgan fingerprint density at radius 1 is 1.22 bits per heavy atom. The average molecular weight is 264 g/mol. The van der Waals surface area contributed by atoms with Crippen LogP contribution in [0, 0.1) is 6.92 Å². The van der Waals surface area contributed by atoms with Crippen LogP contribution < -0.4 is 5.32 Å². The molecular weight excluding hydrogens is 250 g/mol. The minimum absolute atomic E-state index is 0.230. The van der Waals surface area contributed by atoms with Gasteiger partial charge in [0.25, 0.3) is 5.91 Å². The average Bonchev–Trinajstić information content (AvgIpc) is 2.86. The van der Waals surface area contributed by atoms with E-state index in [0.29, 0.717) is 12.3 Å². The number of furan rings is 1. The summed E-state index contributed by atoms with van der Waals surface area (Å²) >= 11 is 5.61. The lowest BCUT2D eigenvalue weighted by molar-refractivity contribution is 0.0921. The molecule has 3 nitrogen and oxygen atoms in total. The van der Waals surface area contributed by atoms with Crippen LogP contribution in [-0.4, -0.2) is 5.91 Å². The molecule has 0 saturated carbocycles. The zero-order valence-corrected chi connectivity index (χ0v) is 10.8. The number of carbonyl (C=O) groups is 1. The van der Waals surface area contributed by atoms with Crippen molar-refractivity contribution < 1.29 is 9.21 Å². The van der Waals surface area contributed by atoms with Gasteiger partial charge in [0.15, 0.2) is 5.76 Å². The molecule has 0 aliphatic carbocycles. The maximum atomic E-state index is 11.8. The third-order valence-electron chi connectivity index (χ3n) is 2.59. The van der Waals surface area contributed by atoms with Gasteiger partial charge in [-0.1, -0.05) is 29.8 Å². The van der Waals surface area contributed by atoms with Crippen molar-refractivity contribution in [3.8, 4) is 0 Å². The molecule has 0 bridgehead atoms. The first-order chi connectivity index (χ1) is 8.69. The molecule has 0 atom stereocenters. The molecule has 1 heterocycles. The summed E-state index contributed by atoms with van der Waals surface area (Å²) in [7, 11) is 0. The van der Waals surface area contributed by atoms with Gasteiger partial charge in [0.05, 0.1) is 5.88 Å². The Morgan fingerprint density at radius 2 is 1.94 bits per heavy atom. The zero-order chi connectivity index (χ0) is 13.0. The van der Waals surface area contributed by atoms with Crippen LogP contribution >= 0.6 is 11.6 Å². The topological polar surface area (TPSA) is 42.2 Å². The van der Waals surface area contributed by atoms with Crippen LogP contribution in [0.5, 0.6) is 0 Å². The molecule has 2 aromatic rings. The Morgan fingerprint density at radius 3 is 2.56 bits per heavy atom. The lowest BCUT2D eigenvalue weighted by atomic mass is 10.1. The van der Waals surface area contributed by atoms with Gasteiger partial charge in [-0.25, -0.2) is 0 Å². The van der Waals surface area contributed by atoms with E-state index >= 15 is 0 Å². The highest BCUT2D eigenvalue weighted by Gasteiger charge is 2.10. The molecular formula is C14H14ClNO2. The molecule has 0 aliphatic rings. The summed E-state index contributed by atoms with van der Waals surface area (Å²) in [5.41, 5.74) is 2.25. The summed E-state index contributed by atoms with van der Waals surface area (Å²) in [5.74, 6) is 0.924. The second-order valence-electron chi connectivity index (χ2n) is 4.07. The predicted octanol–water partition coefficient (Wildman–Crippen LogP) is 3.26. The molecule has 0 aliphatic heterocycles. The van der Waals surface area contributed by atoms with Crippen LogP contribution in [0.25, 0.3) is 0 Å². The highest BCUT2D eigenvalue weighted by molar-refractivity contribution is 6.16. The molecule has 1 aromatic heterocycles. The van der Waals surface area contributed by atoms with Crippen molar-refractivity contribution in [2.45, 2.75) is 19.3 Å². The molecule has 0 spiro atoms. The summed E-state index contributed by atoms with van der Waals surface area (Å²) in [6.45, 7) is 2.51. The van der Waals surface area contributed by atoms with E-state index < -0.39 is 0 Å². The smallest absolute Gasteiger partial charge is 0.287 e. The number of hydrogen-bond donors (Lipinski definition) is 1. The van der Waals surface area contributed by atoms with E-state index in [1.54, 1.807) is 12.1 Å². The van der Waals surface area contributed by atoms with Crippen molar-refractivity contribution in [3.63, 3.8) is 0 Å². The number of amides is 1. The van der Waals surface area contributed by atoms with Gasteiger partial charge < -0.3 is 9.73 Å². The monoisotopic (exact) mass is 263 g/mol. The summed E-state index contributed by atoms with van der Waals surface area (Å²) < 4.78 is 5.26. The number of nitrogens with one attached hydrogen (secondary N) is 1. The Hall–Kier alpha value is -1.74. The maximum absolute atomic E-state index is 11.8. The van der Waals surface area contributed by atoms with Crippen LogP contribution in [-0.2, 0) is 12.4 Å². The van der Waals surface area contributed by atoms with Gasteiger partial charge in [0.1, 0.15) is 5.76 Å². The Bertz CT molecular complexity index is 531. The molecule has 18 heavy (non-hydrogen) atoms. The third-order valence-corrected chi connectivity index (χ3v) is 2.85. The molecule has 1 amide bonds. The summed E-state index contributed by atoms with van der Waals surface area (Å²) in [6.07, 6.45) is 0. The zero-order valence-electron chi connectivity index (χ0n) is 10.1. The highest BCUT2D eigenvalue weighted by Crippen LogP contribution is 2.10. The van der Waals surface area contributed by atoms with Crippen molar-refractivity contribution in [1.82, 2.24) is 5.32 Å². The van der Waals surface area contributed by atoms with Crippen LogP contribution in [0.15, 0.2) is 40.8 Å². The summed E-state index contributed by atoms with van der Waals surface area (Å²) in [4.78, 5) is 11.8. The Labute approximate surface area is 111 Å². The number of carbonyl (C=O) groups excluding carboxylic acids is 1. The molecule has 2 rings (SSSR count). The lowest BCUT2D eigenvalue weighted by Crippen LogP contribution is -2.22. The molecule has 1 aromatic carbocycles. The molecule has 0 saturated heterocycles. The van der Waals surface area contributed by atoms with E-state index in [1.165, 1.54) is 5.56 Å². The number of hydrogen-bond acceptors (Lipinski definition) is 2. The number of alkyl halides is 1.